The Morgan fingerprint density at radius 2 is 1.80 bits per heavy atom. The Morgan fingerprint density at radius 1 is 1.20 bits per heavy atom. The van der Waals surface area contributed by atoms with E-state index in [1.54, 1.807) is 0 Å². The van der Waals surface area contributed by atoms with E-state index >= 15 is 0 Å². The first kappa shape index (κ1) is 22.1. The number of nitrogens with one attached hydrogen (secondary N) is 1. The molecule has 0 aliphatic heterocycles. The van der Waals surface area contributed by atoms with E-state index in [-0.39, 0.29) is 26.9 Å². The molecule has 1 N–H and O–H groups in total. The topological polar surface area (TPSA) is 107 Å². The summed E-state index contributed by atoms with van der Waals surface area (Å²) >= 11 is 5.96. The van der Waals surface area contributed by atoms with E-state index in [4.69, 9.17) is 11.6 Å². The van der Waals surface area contributed by atoms with Crippen molar-refractivity contribution in [3.8, 4) is 5.69 Å². The zero-order valence-corrected chi connectivity index (χ0v) is 17.2. The van der Waals surface area contributed by atoms with E-state index in [0.717, 1.165) is 25.2 Å². The minimum absolute atomic E-state index is 0.177. The van der Waals surface area contributed by atoms with Crippen molar-refractivity contribution in [2.24, 2.45) is 7.05 Å². The second-order valence-electron chi connectivity index (χ2n) is 7.09. The SMILES string of the molecule is Cn1c(C(F)(F)F)cc(=O)n(-c2ccc(Cl)c(C(=O)NS(=O)(=O)C3(C)CC3)c2)c1=O. The van der Waals surface area contributed by atoms with Crippen molar-refractivity contribution >= 4 is 27.5 Å². The van der Waals surface area contributed by atoms with Gasteiger partial charge in [0.25, 0.3) is 11.5 Å². The monoisotopic (exact) mass is 465 g/mol. The normalized spacial score (nSPS) is 15.7. The third-order valence-electron chi connectivity index (χ3n) is 4.89. The Morgan fingerprint density at radius 3 is 2.33 bits per heavy atom. The molecule has 1 aromatic heterocycles. The summed E-state index contributed by atoms with van der Waals surface area (Å²) in [5.41, 5.74) is -4.64. The molecule has 1 amide bonds. The smallest absolute Gasteiger partial charge is 0.292 e. The highest BCUT2D eigenvalue weighted by Crippen LogP contribution is 2.42. The second kappa shape index (κ2) is 6.98. The lowest BCUT2D eigenvalue weighted by Gasteiger charge is -2.15. The molecule has 1 aliphatic rings. The fraction of sp³-hybridized carbons (Fsp3) is 0.353. The molecule has 3 rings (SSSR count). The maximum atomic E-state index is 13.0. The highest BCUT2D eigenvalue weighted by molar-refractivity contribution is 7.91. The first-order valence-electron chi connectivity index (χ1n) is 8.45. The number of alkyl halides is 3. The van der Waals surface area contributed by atoms with Crippen molar-refractivity contribution in [3.63, 3.8) is 0 Å². The molecule has 0 radical (unpaired) electrons. The van der Waals surface area contributed by atoms with Crippen molar-refractivity contribution in [3.05, 3.63) is 61.4 Å². The van der Waals surface area contributed by atoms with Gasteiger partial charge in [-0.3, -0.25) is 14.2 Å². The van der Waals surface area contributed by atoms with Crippen molar-refractivity contribution in [1.29, 1.82) is 0 Å². The summed E-state index contributed by atoms with van der Waals surface area (Å²) in [5.74, 6) is -1.09. The maximum absolute atomic E-state index is 13.0. The van der Waals surface area contributed by atoms with Gasteiger partial charge in [0.05, 0.1) is 21.0 Å². The quantitative estimate of drug-likeness (QED) is 0.741. The lowest BCUT2D eigenvalue weighted by molar-refractivity contribution is -0.144. The van der Waals surface area contributed by atoms with Gasteiger partial charge in [-0.25, -0.2) is 22.5 Å². The standard InChI is InChI=1S/C17H15ClF3N3O5S/c1-16(5-6-16)30(28,29)22-14(26)10-7-9(3-4-11(10)18)24-13(25)8-12(17(19,20)21)23(2)15(24)27/h3-4,7-8H,5-6H2,1-2H3,(H,22,26). The predicted molar refractivity (Wildman–Crippen MR) is 101 cm³/mol. The molecule has 1 aromatic carbocycles. The van der Waals surface area contributed by atoms with Crippen molar-refractivity contribution in [2.75, 3.05) is 0 Å². The highest BCUT2D eigenvalue weighted by Gasteiger charge is 2.51. The Bertz CT molecular complexity index is 1280. The van der Waals surface area contributed by atoms with Gasteiger partial charge in [-0.2, -0.15) is 13.2 Å². The van der Waals surface area contributed by atoms with Gasteiger partial charge in [0, 0.05) is 13.1 Å². The summed E-state index contributed by atoms with van der Waals surface area (Å²) in [7, 11) is -3.15. The van der Waals surface area contributed by atoms with Gasteiger partial charge < -0.3 is 0 Å². The van der Waals surface area contributed by atoms with Crippen LogP contribution in [0.1, 0.15) is 35.8 Å². The van der Waals surface area contributed by atoms with Gasteiger partial charge in [0.2, 0.25) is 10.0 Å². The molecule has 0 atom stereocenters. The number of halogens is 4. The van der Waals surface area contributed by atoms with E-state index in [1.165, 1.54) is 6.92 Å². The fourth-order valence-electron chi connectivity index (χ4n) is 2.71. The van der Waals surface area contributed by atoms with Gasteiger partial charge in [-0.15, -0.1) is 0 Å². The van der Waals surface area contributed by atoms with Crippen LogP contribution in [0.5, 0.6) is 0 Å². The third-order valence-corrected chi connectivity index (χ3v) is 7.38. The van der Waals surface area contributed by atoms with E-state index in [0.29, 0.717) is 17.4 Å². The predicted octanol–water partition coefficient (Wildman–Crippen LogP) is 1.82. The number of sulfonamides is 1. The molecule has 0 unspecified atom stereocenters. The molecule has 30 heavy (non-hydrogen) atoms. The fourth-order valence-corrected chi connectivity index (χ4v) is 4.15. The molecular formula is C17H15ClF3N3O5S. The summed E-state index contributed by atoms with van der Waals surface area (Å²) < 4.78 is 65.0. The Kier molecular flexibility index (Phi) is 5.14. The van der Waals surface area contributed by atoms with Crippen LogP contribution in [0.15, 0.2) is 33.9 Å². The van der Waals surface area contributed by atoms with Gasteiger partial charge >= 0.3 is 11.9 Å². The average molecular weight is 466 g/mol. The molecule has 1 fully saturated rings. The van der Waals surface area contributed by atoms with E-state index in [9.17, 15) is 36.0 Å². The number of hydrogen-bond donors (Lipinski definition) is 1. The Balaban J connectivity index is 2.08. The molecule has 1 saturated carbocycles. The number of carbonyl (C=O) groups is 1. The van der Waals surface area contributed by atoms with Crippen LogP contribution in [0.4, 0.5) is 13.2 Å². The molecular weight excluding hydrogens is 451 g/mol. The number of aromatic nitrogens is 2. The lowest BCUT2D eigenvalue weighted by Crippen LogP contribution is -2.41. The Hall–Kier alpha value is -2.60. The van der Waals surface area contributed by atoms with Crippen LogP contribution in [-0.2, 0) is 23.2 Å². The van der Waals surface area contributed by atoms with Gasteiger partial charge in [0.1, 0.15) is 5.69 Å². The van der Waals surface area contributed by atoms with Crippen LogP contribution < -0.4 is 16.0 Å². The molecule has 0 bridgehead atoms. The van der Waals surface area contributed by atoms with Crippen LogP contribution in [-0.4, -0.2) is 28.2 Å². The summed E-state index contributed by atoms with van der Waals surface area (Å²) in [4.78, 5) is 37.1. The third kappa shape index (κ3) is 3.76. The summed E-state index contributed by atoms with van der Waals surface area (Å²) in [6, 6.07) is 3.47. The summed E-state index contributed by atoms with van der Waals surface area (Å²) in [5, 5.41) is -0.177. The van der Waals surface area contributed by atoms with Crippen LogP contribution in [0, 0.1) is 0 Å². The largest absolute Gasteiger partial charge is 0.431 e. The van der Waals surface area contributed by atoms with Gasteiger partial charge in [-0.1, -0.05) is 11.6 Å². The Labute approximate surface area is 172 Å². The van der Waals surface area contributed by atoms with Crippen LogP contribution in [0.25, 0.3) is 5.69 Å². The van der Waals surface area contributed by atoms with Crippen LogP contribution in [0.3, 0.4) is 0 Å². The lowest BCUT2D eigenvalue weighted by atomic mass is 10.2. The molecule has 162 valence electrons. The molecule has 13 heteroatoms. The molecule has 8 nitrogen and oxygen atoms in total. The average Bonchev–Trinajstić information content (AvgIpc) is 3.37. The number of amides is 1. The number of benzene rings is 1. The first-order valence-corrected chi connectivity index (χ1v) is 10.3. The minimum atomic E-state index is -4.93. The van der Waals surface area contributed by atoms with Crippen LogP contribution in [0.2, 0.25) is 5.02 Å². The highest BCUT2D eigenvalue weighted by atomic mass is 35.5. The molecule has 1 aliphatic carbocycles. The first-order chi connectivity index (χ1) is 13.7. The van der Waals surface area contributed by atoms with Crippen LogP contribution >= 0.6 is 11.6 Å². The second-order valence-corrected chi connectivity index (χ2v) is 9.70. The zero-order valence-electron chi connectivity index (χ0n) is 15.6. The van der Waals surface area contributed by atoms with E-state index in [2.05, 4.69) is 0 Å². The maximum Gasteiger partial charge on any atom is 0.431 e. The van der Waals surface area contributed by atoms with Gasteiger partial charge in [-0.05, 0) is 38.0 Å². The molecule has 2 aromatic rings. The van der Waals surface area contributed by atoms with Crippen molar-refractivity contribution in [1.82, 2.24) is 13.9 Å². The minimum Gasteiger partial charge on any atom is -0.292 e. The van der Waals surface area contributed by atoms with Gasteiger partial charge in [0.15, 0.2) is 0 Å². The number of carbonyl (C=O) groups excluding carboxylic acids is 1. The summed E-state index contributed by atoms with van der Waals surface area (Å²) in [6.45, 7) is 1.46. The summed E-state index contributed by atoms with van der Waals surface area (Å²) in [6.07, 6.45) is -4.18. The number of rotatable bonds is 4. The van der Waals surface area contributed by atoms with E-state index < -0.39 is 43.8 Å². The number of nitrogens with zero attached hydrogens (tertiary/aromatic N) is 2. The van der Waals surface area contributed by atoms with Crippen molar-refractivity contribution in [2.45, 2.75) is 30.7 Å². The van der Waals surface area contributed by atoms with E-state index in [1.807, 2.05) is 4.72 Å². The zero-order chi connectivity index (χ0) is 22.6. The number of hydrogen-bond acceptors (Lipinski definition) is 5. The molecule has 1 heterocycles. The molecule has 0 saturated heterocycles. The van der Waals surface area contributed by atoms with Crippen molar-refractivity contribution < 1.29 is 26.4 Å². The molecule has 0 spiro atoms.